The predicted octanol–water partition coefficient (Wildman–Crippen LogP) is 3.88. The standard InChI is InChI=1S/C16H25BrN2/c1-11(2)19-8-4-5-14(10-18)16(19)13-7-6-12(3)15(17)9-13/h6-7,9,11,14,16H,4-5,8,10,18H2,1-3H3. The van der Waals surface area contributed by atoms with Crippen LogP contribution in [-0.2, 0) is 0 Å². The number of benzene rings is 1. The zero-order valence-electron chi connectivity index (χ0n) is 12.2. The normalized spacial score (nSPS) is 24.9. The Hall–Kier alpha value is -0.380. The van der Waals surface area contributed by atoms with E-state index < -0.39 is 0 Å². The van der Waals surface area contributed by atoms with Gasteiger partial charge in [-0.1, -0.05) is 28.1 Å². The van der Waals surface area contributed by atoms with Crippen molar-refractivity contribution < 1.29 is 0 Å². The minimum Gasteiger partial charge on any atom is -0.330 e. The molecule has 0 spiro atoms. The Morgan fingerprint density at radius 3 is 2.74 bits per heavy atom. The van der Waals surface area contributed by atoms with Gasteiger partial charge in [0, 0.05) is 16.6 Å². The third-order valence-electron chi connectivity index (χ3n) is 4.30. The van der Waals surface area contributed by atoms with Gasteiger partial charge in [-0.05, 0) is 69.8 Å². The van der Waals surface area contributed by atoms with E-state index in [4.69, 9.17) is 5.73 Å². The van der Waals surface area contributed by atoms with Crippen molar-refractivity contribution in [1.82, 2.24) is 4.90 Å². The van der Waals surface area contributed by atoms with Gasteiger partial charge >= 0.3 is 0 Å². The van der Waals surface area contributed by atoms with Gasteiger partial charge in [-0.3, -0.25) is 4.90 Å². The summed E-state index contributed by atoms with van der Waals surface area (Å²) in [7, 11) is 0. The van der Waals surface area contributed by atoms with Crippen molar-refractivity contribution in [2.24, 2.45) is 11.7 Å². The fraction of sp³-hybridized carbons (Fsp3) is 0.625. The molecule has 1 saturated heterocycles. The van der Waals surface area contributed by atoms with Gasteiger partial charge in [-0.25, -0.2) is 0 Å². The first-order valence-electron chi connectivity index (χ1n) is 7.26. The molecule has 0 aromatic heterocycles. The number of nitrogens with two attached hydrogens (primary N) is 1. The molecule has 2 rings (SSSR count). The Bertz CT molecular complexity index is 431. The smallest absolute Gasteiger partial charge is 0.0391 e. The summed E-state index contributed by atoms with van der Waals surface area (Å²) in [5.41, 5.74) is 8.72. The third-order valence-corrected chi connectivity index (χ3v) is 5.15. The maximum Gasteiger partial charge on any atom is 0.0391 e. The summed E-state index contributed by atoms with van der Waals surface area (Å²) in [4.78, 5) is 2.61. The number of aryl methyl sites for hydroxylation is 1. The van der Waals surface area contributed by atoms with Crippen LogP contribution in [0.15, 0.2) is 22.7 Å². The number of hydrogen-bond donors (Lipinski definition) is 1. The molecule has 2 unspecified atom stereocenters. The fourth-order valence-electron chi connectivity index (χ4n) is 3.19. The van der Waals surface area contributed by atoms with E-state index in [2.05, 4.69) is 59.8 Å². The van der Waals surface area contributed by atoms with Crippen LogP contribution in [0.3, 0.4) is 0 Å². The lowest BCUT2D eigenvalue weighted by Gasteiger charge is -2.43. The lowest BCUT2D eigenvalue weighted by Crippen LogP contribution is -2.44. The lowest BCUT2D eigenvalue weighted by atomic mass is 9.83. The van der Waals surface area contributed by atoms with Gasteiger partial charge < -0.3 is 5.73 Å². The molecule has 1 aromatic carbocycles. The molecular formula is C16H25BrN2. The second-order valence-electron chi connectivity index (χ2n) is 5.92. The van der Waals surface area contributed by atoms with Crippen LogP contribution in [0.2, 0.25) is 0 Å². The van der Waals surface area contributed by atoms with Crippen LogP contribution < -0.4 is 5.73 Å². The Labute approximate surface area is 125 Å². The minimum atomic E-state index is 0.468. The van der Waals surface area contributed by atoms with E-state index in [1.165, 1.54) is 35.0 Å². The maximum absolute atomic E-state index is 6.02. The topological polar surface area (TPSA) is 29.3 Å². The molecule has 106 valence electrons. The van der Waals surface area contributed by atoms with E-state index in [1.54, 1.807) is 0 Å². The third kappa shape index (κ3) is 3.21. The molecule has 2 N–H and O–H groups in total. The van der Waals surface area contributed by atoms with Crippen LogP contribution in [0.1, 0.15) is 43.9 Å². The van der Waals surface area contributed by atoms with Crippen LogP contribution >= 0.6 is 15.9 Å². The Morgan fingerprint density at radius 2 is 2.16 bits per heavy atom. The molecule has 1 fully saturated rings. The summed E-state index contributed by atoms with van der Waals surface area (Å²) in [6.07, 6.45) is 2.51. The summed E-state index contributed by atoms with van der Waals surface area (Å²) in [6, 6.07) is 7.80. The van der Waals surface area contributed by atoms with Crippen LogP contribution in [0.5, 0.6) is 0 Å². The summed E-state index contributed by atoms with van der Waals surface area (Å²) in [5.74, 6) is 0.575. The van der Waals surface area contributed by atoms with E-state index in [9.17, 15) is 0 Å². The first-order valence-corrected chi connectivity index (χ1v) is 8.05. The van der Waals surface area contributed by atoms with Crippen molar-refractivity contribution >= 4 is 15.9 Å². The van der Waals surface area contributed by atoms with Crippen molar-refractivity contribution in [3.05, 3.63) is 33.8 Å². The predicted molar refractivity (Wildman–Crippen MR) is 85.2 cm³/mol. The molecule has 1 aromatic rings. The van der Waals surface area contributed by atoms with Crippen molar-refractivity contribution in [3.63, 3.8) is 0 Å². The first kappa shape index (κ1) is 15.0. The Balaban J connectivity index is 2.36. The summed E-state index contributed by atoms with van der Waals surface area (Å²) >= 11 is 3.66. The number of likely N-dealkylation sites (tertiary alicyclic amines) is 1. The molecule has 0 saturated carbocycles. The summed E-state index contributed by atoms with van der Waals surface area (Å²) in [6.45, 7) is 8.67. The van der Waals surface area contributed by atoms with Crippen LogP contribution in [0, 0.1) is 12.8 Å². The molecule has 3 heteroatoms. The highest BCUT2D eigenvalue weighted by Crippen LogP contribution is 2.38. The average molecular weight is 325 g/mol. The summed E-state index contributed by atoms with van der Waals surface area (Å²) < 4.78 is 1.20. The quantitative estimate of drug-likeness (QED) is 0.914. The largest absolute Gasteiger partial charge is 0.330 e. The number of nitrogens with zero attached hydrogens (tertiary/aromatic N) is 1. The molecule has 0 bridgehead atoms. The highest BCUT2D eigenvalue weighted by Gasteiger charge is 2.33. The number of hydrogen-bond acceptors (Lipinski definition) is 2. The molecule has 0 radical (unpaired) electrons. The van der Waals surface area contributed by atoms with Gasteiger partial charge in [0.25, 0.3) is 0 Å². The van der Waals surface area contributed by atoms with E-state index in [-0.39, 0.29) is 0 Å². The molecular weight excluding hydrogens is 300 g/mol. The van der Waals surface area contributed by atoms with Gasteiger partial charge in [0.1, 0.15) is 0 Å². The van der Waals surface area contributed by atoms with E-state index in [0.717, 1.165) is 6.54 Å². The molecule has 19 heavy (non-hydrogen) atoms. The molecule has 2 atom stereocenters. The van der Waals surface area contributed by atoms with E-state index in [1.807, 2.05) is 0 Å². The SMILES string of the molecule is Cc1ccc(C2C(CN)CCCN2C(C)C)cc1Br. The van der Waals surface area contributed by atoms with Gasteiger partial charge in [-0.15, -0.1) is 0 Å². The zero-order chi connectivity index (χ0) is 14.0. The molecule has 1 aliphatic rings. The van der Waals surface area contributed by atoms with Crippen LogP contribution in [0.25, 0.3) is 0 Å². The minimum absolute atomic E-state index is 0.468. The molecule has 0 amide bonds. The highest BCUT2D eigenvalue weighted by molar-refractivity contribution is 9.10. The number of halogens is 1. The van der Waals surface area contributed by atoms with Gasteiger partial charge in [-0.2, -0.15) is 0 Å². The van der Waals surface area contributed by atoms with Crippen LogP contribution in [-0.4, -0.2) is 24.0 Å². The zero-order valence-corrected chi connectivity index (χ0v) is 13.8. The monoisotopic (exact) mass is 324 g/mol. The summed E-state index contributed by atoms with van der Waals surface area (Å²) in [5, 5.41) is 0. The van der Waals surface area contributed by atoms with Crippen LogP contribution in [0.4, 0.5) is 0 Å². The van der Waals surface area contributed by atoms with Crippen molar-refractivity contribution in [3.8, 4) is 0 Å². The van der Waals surface area contributed by atoms with Gasteiger partial charge in [0.15, 0.2) is 0 Å². The Morgan fingerprint density at radius 1 is 1.42 bits per heavy atom. The van der Waals surface area contributed by atoms with Gasteiger partial charge in [0.2, 0.25) is 0 Å². The highest BCUT2D eigenvalue weighted by atomic mass is 79.9. The van der Waals surface area contributed by atoms with E-state index in [0.29, 0.717) is 18.0 Å². The van der Waals surface area contributed by atoms with Crippen molar-refractivity contribution in [2.75, 3.05) is 13.1 Å². The number of piperidine rings is 1. The lowest BCUT2D eigenvalue weighted by molar-refractivity contribution is 0.0665. The van der Waals surface area contributed by atoms with Crippen molar-refractivity contribution in [1.29, 1.82) is 0 Å². The molecule has 2 nitrogen and oxygen atoms in total. The van der Waals surface area contributed by atoms with Crippen molar-refractivity contribution in [2.45, 2.75) is 45.7 Å². The average Bonchev–Trinajstić information content (AvgIpc) is 2.41. The second kappa shape index (κ2) is 6.38. The molecule has 1 aliphatic heterocycles. The number of rotatable bonds is 3. The first-order chi connectivity index (χ1) is 9.04. The van der Waals surface area contributed by atoms with Gasteiger partial charge in [0.05, 0.1) is 0 Å². The van der Waals surface area contributed by atoms with E-state index >= 15 is 0 Å². The molecule has 1 heterocycles. The fourth-order valence-corrected chi connectivity index (χ4v) is 3.58. The molecule has 0 aliphatic carbocycles. The second-order valence-corrected chi connectivity index (χ2v) is 6.78. The maximum atomic E-state index is 6.02. The Kier molecular flexibility index (Phi) is 5.04.